The van der Waals surface area contributed by atoms with Crippen LogP contribution >= 0.6 is 23.2 Å². The fourth-order valence-electron chi connectivity index (χ4n) is 2.82. The third-order valence-corrected chi connectivity index (χ3v) is 5.08. The Labute approximate surface area is 184 Å². The van der Waals surface area contributed by atoms with Crippen molar-refractivity contribution in [1.29, 1.82) is 0 Å². The first-order chi connectivity index (χ1) is 14.5. The van der Waals surface area contributed by atoms with Crippen LogP contribution in [-0.2, 0) is 18.0 Å². The minimum absolute atomic E-state index is 0.132. The van der Waals surface area contributed by atoms with Gasteiger partial charge in [0.1, 0.15) is 13.2 Å². The molecule has 0 unspecified atom stereocenters. The van der Waals surface area contributed by atoms with E-state index in [9.17, 15) is 10.0 Å². The first-order valence-electron chi connectivity index (χ1n) is 9.10. The van der Waals surface area contributed by atoms with Crippen LogP contribution in [0, 0.1) is 0 Å². The maximum absolute atomic E-state index is 12.0. The van der Waals surface area contributed by atoms with E-state index in [0.29, 0.717) is 21.4 Å². The standard InChI is InChI=1S/C23H19Cl2NO4/c1-15(27)22(26-28)18-9-6-12-21(29-13-16-7-2-4-10-19(16)24)23(18)30-14-17-8-3-5-11-20(17)25/h2-12,28H,13-14H2,1H3. The van der Waals surface area contributed by atoms with Crippen LogP contribution in [0.25, 0.3) is 0 Å². The quantitative estimate of drug-likeness (QED) is 0.266. The van der Waals surface area contributed by atoms with Gasteiger partial charge in [-0.1, -0.05) is 70.8 Å². The fourth-order valence-corrected chi connectivity index (χ4v) is 3.20. The van der Waals surface area contributed by atoms with Crippen LogP contribution < -0.4 is 9.47 Å². The molecule has 0 spiro atoms. The van der Waals surface area contributed by atoms with Gasteiger partial charge in [0.2, 0.25) is 0 Å². The Balaban J connectivity index is 1.95. The highest BCUT2D eigenvalue weighted by Gasteiger charge is 2.20. The van der Waals surface area contributed by atoms with Gasteiger partial charge < -0.3 is 14.7 Å². The van der Waals surface area contributed by atoms with Gasteiger partial charge in [0.15, 0.2) is 23.0 Å². The number of hydrogen-bond donors (Lipinski definition) is 1. The number of hydrogen-bond acceptors (Lipinski definition) is 5. The Kier molecular flexibility index (Phi) is 7.33. The second-order valence-electron chi connectivity index (χ2n) is 6.40. The Morgan fingerprint density at radius 2 is 1.43 bits per heavy atom. The second kappa shape index (κ2) is 10.1. The highest BCUT2D eigenvalue weighted by atomic mass is 35.5. The van der Waals surface area contributed by atoms with Gasteiger partial charge in [-0.3, -0.25) is 4.79 Å². The molecule has 30 heavy (non-hydrogen) atoms. The average molecular weight is 444 g/mol. The molecule has 3 rings (SSSR count). The molecule has 0 atom stereocenters. The van der Waals surface area contributed by atoms with Crippen molar-refractivity contribution in [2.75, 3.05) is 0 Å². The maximum Gasteiger partial charge on any atom is 0.182 e. The van der Waals surface area contributed by atoms with Crippen LogP contribution in [0.1, 0.15) is 23.6 Å². The lowest BCUT2D eigenvalue weighted by molar-refractivity contribution is -0.111. The van der Waals surface area contributed by atoms with E-state index in [1.165, 1.54) is 6.92 Å². The van der Waals surface area contributed by atoms with Gasteiger partial charge in [-0.25, -0.2) is 0 Å². The van der Waals surface area contributed by atoms with Crippen LogP contribution in [0.2, 0.25) is 10.0 Å². The van der Waals surface area contributed by atoms with Crippen LogP contribution in [0.15, 0.2) is 71.9 Å². The number of carbonyl (C=O) groups excluding carboxylic acids is 1. The molecule has 1 N–H and O–H groups in total. The normalized spacial score (nSPS) is 11.2. The number of ketones is 1. The third-order valence-electron chi connectivity index (χ3n) is 4.34. The van der Waals surface area contributed by atoms with Crippen molar-refractivity contribution in [3.8, 4) is 11.5 Å². The van der Waals surface area contributed by atoms with Crippen molar-refractivity contribution in [1.82, 2.24) is 0 Å². The molecule has 0 aliphatic carbocycles. The summed E-state index contributed by atoms with van der Waals surface area (Å²) in [6, 6.07) is 19.6. The number of carbonyl (C=O) groups is 1. The van der Waals surface area contributed by atoms with Gasteiger partial charge in [0.05, 0.1) is 5.56 Å². The molecule has 0 aliphatic rings. The molecule has 0 fully saturated rings. The molecule has 0 radical (unpaired) electrons. The Morgan fingerprint density at radius 1 is 0.867 bits per heavy atom. The summed E-state index contributed by atoms with van der Waals surface area (Å²) >= 11 is 12.4. The molecule has 154 valence electrons. The van der Waals surface area contributed by atoms with E-state index in [0.717, 1.165) is 11.1 Å². The fraction of sp³-hybridized carbons (Fsp3) is 0.130. The van der Waals surface area contributed by atoms with Crippen molar-refractivity contribution >= 4 is 34.7 Å². The summed E-state index contributed by atoms with van der Waals surface area (Å²) < 4.78 is 11.9. The molecular weight excluding hydrogens is 425 g/mol. The predicted molar refractivity (Wildman–Crippen MR) is 117 cm³/mol. The van der Waals surface area contributed by atoms with Gasteiger partial charge >= 0.3 is 0 Å². The van der Waals surface area contributed by atoms with Crippen molar-refractivity contribution in [3.05, 3.63) is 93.5 Å². The lowest BCUT2D eigenvalue weighted by Crippen LogP contribution is -2.14. The molecule has 7 heteroatoms. The number of Topliss-reactive ketones (excluding diaryl/α,β-unsaturated/α-hetero) is 1. The molecule has 0 aromatic heterocycles. The smallest absolute Gasteiger partial charge is 0.182 e. The summed E-state index contributed by atoms with van der Waals surface area (Å²) in [4.78, 5) is 12.0. The lowest BCUT2D eigenvalue weighted by atomic mass is 10.1. The molecule has 0 bridgehead atoms. The van der Waals surface area contributed by atoms with Gasteiger partial charge in [0.25, 0.3) is 0 Å². The van der Waals surface area contributed by atoms with E-state index < -0.39 is 5.78 Å². The summed E-state index contributed by atoms with van der Waals surface area (Å²) in [6.45, 7) is 1.64. The van der Waals surface area contributed by atoms with E-state index >= 15 is 0 Å². The summed E-state index contributed by atoms with van der Waals surface area (Å²) in [5.74, 6) is 0.234. The van der Waals surface area contributed by atoms with E-state index in [4.69, 9.17) is 32.7 Å². The second-order valence-corrected chi connectivity index (χ2v) is 7.21. The molecule has 0 saturated heterocycles. The third kappa shape index (κ3) is 5.12. The number of para-hydroxylation sites is 1. The maximum atomic E-state index is 12.0. The molecule has 0 saturated carbocycles. The van der Waals surface area contributed by atoms with Crippen molar-refractivity contribution in [3.63, 3.8) is 0 Å². The number of rotatable bonds is 8. The Morgan fingerprint density at radius 3 is 1.97 bits per heavy atom. The van der Waals surface area contributed by atoms with Crippen LogP contribution in [0.4, 0.5) is 0 Å². The number of halogens is 2. The molecular formula is C23H19Cl2NO4. The molecule has 3 aromatic carbocycles. The van der Waals surface area contributed by atoms with E-state index in [-0.39, 0.29) is 24.7 Å². The minimum Gasteiger partial charge on any atom is -0.485 e. The van der Waals surface area contributed by atoms with Gasteiger partial charge in [-0.2, -0.15) is 0 Å². The number of ether oxygens (including phenoxy) is 2. The minimum atomic E-state index is -0.414. The first kappa shape index (κ1) is 21.7. The molecule has 5 nitrogen and oxygen atoms in total. The summed E-state index contributed by atoms with van der Waals surface area (Å²) in [5.41, 5.74) is 1.74. The predicted octanol–water partition coefficient (Wildman–Crippen LogP) is 5.92. The Hall–Kier alpha value is -3.02. The zero-order chi connectivity index (χ0) is 21.5. The molecule has 0 aliphatic heterocycles. The van der Waals surface area contributed by atoms with E-state index in [1.807, 2.05) is 36.4 Å². The summed E-state index contributed by atoms with van der Waals surface area (Å²) in [6.07, 6.45) is 0. The average Bonchev–Trinajstić information content (AvgIpc) is 2.73. The van der Waals surface area contributed by atoms with Crippen molar-refractivity contribution in [2.24, 2.45) is 5.16 Å². The van der Waals surface area contributed by atoms with Crippen molar-refractivity contribution in [2.45, 2.75) is 20.1 Å². The number of nitrogens with zero attached hydrogens (tertiary/aromatic N) is 1. The van der Waals surface area contributed by atoms with Crippen molar-refractivity contribution < 1.29 is 19.5 Å². The van der Waals surface area contributed by atoms with Crippen LogP contribution in [0.5, 0.6) is 11.5 Å². The van der Waals surface area contributed by atoms with E-state index in [1.54, 1.807) is 30.3 Å². The largest absolute Gasteiger partial charge is 0.485 e. The van der Waals surface area contributed by atoms with Crippen LogP contribution in [-0.4, -0.2) is 16.7 Å². The van der Waals surface area contributed by atoms with Gasteiger partial charge in [0, 0.05) is 28.1 Å². The number of benzene rings is 3. The summed E-state index contributed by atoms with van der Waals surface area (Å²) in [7, 11) is 0. The molecule has 0 heterocycles. The van der Waals surface area contributed by atoms with Gasteiger partial charge in [-0.15, -0.1) is 0 Å². The highest BCUT2D eigenvalue weighted by Crippen LogP contribution is 2.34. The molecule has 3 aromatic rings. The Bertz CT molecular complexity index is 1080. The van der Waals surface area contributed by atoms with E-state index in [2.05, 4.69) is 5.16 Å². The SMILES string of the molecule is CC(=O)C(=NO)c1cccc(OCc2ccccc2Cl)c1OCc1ccccc1Cl. The molecule has 0 amide bonds. The highest BCUT2D eigenvalue weighted by molar-refractivity contribution is 6.46. The number of oxime groups is 1. The zero-order valence-electron chi connectivity index (χ0n) is 16.1. The topological polar surface area (TPSA) is 68.1 Å². The summed E-state index contributed by atoms with van der Waals surface area (Å²) in [5, 5.41) is 13.6. The monoisotopic (exact) mass is 443 g/mol. The first-order valence-corrected chi connectivity index (χ1v) is 9.85. The van der Waals surface area contributed by atoms with Crippen LogP contribution in [0.3, 0.4) is 0 Å². The van der Waals surface area contributed by atoms with Gasteiger partial charge in [-0.05, 0) is 24.3 Å². The zero-order valence-corrected chi connectivity index (χ0v) is 17.7. The lowest BCUT2D eigenvalue weighted by Gasteiger charge is -2.17.